The van der Waals surface area contributed by atoms with Gasteiger partial charge in [0.1, 0.15) is 35.4 Å². The Labute approximate surface area is 316 Å². The Balaban J connectivity index is 0.764. The molecule has 10 rings (SSSR count). The van der Waals surface area contributed by atoms with Crippen molar-refractivity contribution in [2.45, 2.75) is 62.9 Å². The molecule has 2 aromatic heterocycles. The molecule has 55 heavy (non-hydrogen) atoms. The number of carbonyl (C=O) groups is 3. The van der Waals surface area contributed by atoms with Crippen molar-refractivity contribution in [3.63, 3.8) is 0 Å². The fourth-order valence-corrected chi connectivity index (χ4v) is 9.31. The fourth-order valence-electron chi connectivity index (χ4n) is 9.31. The van der Waals surface area contributed by atoms with Gasteiger partial charge in [0.15, 0.2) is 11.9 Å². The summed E-state index contributed by atoms with van der Waals surface area (Å²) in [5.41, 5.74) is 11.1. The number of nitrogens with zero attached hydrogens (tertiary/aromatic N) is 7. The number of likely N-dealkylation sites (tertiary alicyclic amines) is 1. The summed E-state index contributed by atoms with van der Waals surface area (Å²) in [5.74, 6) is 0.661. The summed E-state index contributed by atoms with van der Waals surface area (Å²) in [5, 5.41) is 19.2. The lowest BCUT2D eigenvalue weighted by molar-refractivity contribution is -0.139. The van der Waals surface area contributed by atoms with Crippen molar-refractivity contribution in [2.24, 2.45) is 5.41 Å². The van der Waals surface area contributed by atoms with Gasteiger partial charge in [-0.3, -0.25) is 29.5 Å². The molecule has 1 spiro atoms. The summed E-state index contributed by atoms with van der Waals surface area (Å²) in [4.78, 5) is 52.5. The molecule has 2 unspecified atom stereocenters. The van der Waals surface area contributed by atoms with Crippen LogP contribution in [-0.2, 0) is 9.59 Å². The van der Waals surface area contributed by atoms with E-state index < -0.39 is 18.2 Å². The van der Waals surface area contributed by atoms with Crippen molar-refractivity contribution in [1.82, 2.24) is 34.9 Å². The third kappa shape index (κ3) is 5.70. The third-order valence-electron chi connectivity index (χ3n) is 12.4. The number of amides is 3. The molecule has 14 heteroatoms. The molecule has 5 aliphatic rings. The summed E-state index contributed by atoms with van der Waals surface area (Å²) in [6, 6.07) is 22.9. The monoisotopic (exact) mass is 739 g/mol. The first-order chi connectivity index (χ1) is 26.7. The van der Waals surface area contributed by atoms with Crippen molar-refractivity contribution >= 4 is 40.3 Å². The second-order valence-corrected chi connectivity index (χ2v) is 15.7. The zero-order valence-corrected chi connectivity index (χ0v) is 30.2. The van der Waals surface area contributed by atoms with E-state index in [2.05, 4.69) is 29.8 Å². The number of rotatable bonds is 7. The smallest absolute Gasteiger partial charge is 0.257 e. The van der Waals surface area contributed by atoms with Gasteiger partial charge in [0.25, 0.3) is 5.91 Å². The van der Waals surface area contributed by atoms with Gasteiger partial charge in [-0.15, -0.1) is 0 Å². The maximum absolute atomic E-state index is 13.4. The number of imide groups is 1. The standard InChI is InChI=1S/C41H41N9O5/c42-36-34-35(24-6-9-29(10-7-24)55-28-4-2-1-3-5-28)46-50(37(34)44-23-43-36)25-14-16-41(17-15-25)21-48(22-41)27-19-47(20-27)26-8-11-30-31(18-26)40(54)49(39(30)53)32-12-13-33(51)45-38(32)52/h1-11,18,23,25,27,32,39,53H,12-17,19-22H2,(H2,42,43,44)(H,45,51,52). The Hall–Kier alpha value is -5.86. The minimum absolute atomic E-state index is 0.137. The minimum Gasteiger partial charge on any atom is -0.457 e. The summed E-state index contributed by atoms with van der Waals surface area (Å²) in [6.07, 6.45) is 4.91. The van der Waals surface area contributed by atoms with Gasteiger partial charge in [0.2, 0.25) is 11.8 Å². The maximum Gasteiger partial charge on any atom is 0.257 e. The van der Waals surface area contributed by atoms with E-state index in [4.69, 9.17) is 15.6 Å². The van der Waals surface area contributed by atoms with Crippen molar-refractivity contribution < 1.29 is 24.2 Å². The second kappa shape index (κ2) is 12.9. The summed E-state index contributed by atoms with van der Waals surface area (Å²) < 4.78 is 8.08. The molecule has 5 aromatic rings. The second-order valence-electron chi connectivity index (χ2n) is 15.7. The van der Waals surface area contributed by atoms with Crippen LogP contribution in [0, 0.1) is 5.41 Å². The molecule has 6 heterocycles. The number of aromatic nitrogens is 4. The first-order valence-corrected chi connectivity index (χ1v) is 19.0. The molecular formula is C41H41N9O5. The van der Waals surface area contributed by atoms with Crippen LogP contribution in [0.4, 0.5) is 11.5 Å². The molecule has 3 saturated heterocycles. The molecule has 4 N–H and O–H groups in total. The number of aliphatic hydroxyl groups is 1. The van der Waals surface area contributed by atoms with Crippen LogP contribution >= 0.6 is 0 Å². The highest BCUT2D eigenvalue weighted by Gasteiger charge is 2.50. The van der Waals surface area contributed by atoms with Crippen LogP contribution in [0.2, 0.25) is 0 Å². The number of hydrogen-bond donors (Lipinski definition) is 3. The fraction of sp³-hybridized carbons (Fsp3) is 0.366. The number of fused-ring (bicyclic) bond motifs is 2. The molecule has 3 aromatic carbocycles. The number of nitrogen functional groups attached to an aromatic ring is 1. The number of nitrogens with two attached hydrogens (primary N) is 1. The van der Waals surface area contributed by atoms with E-state index >= 15 is 0 Å². The lowest BCUT2D eigenvalue weighted by atomic mass is 9.66. The van der Waals surface area contributed by atoms with Gasteiger partial charge in [-0.1, -0.05) is 24.3 Å². The van der Waals surface area contributed by atoms with E-state index in [1.54, 1.807) is 6.07 Å². The Morgan fingerprint density at radius 1 is 0.873 bits per heavy atom. The van der Waals surface area contributed by atoms with Crippen molar-refractivity contribution in [1.29, 1.82) is 0 Å². The highest BCUT2D eigenvalue weighted by atomic mass is 16.5. The third-order valence-corrected chi connectivity index (χ3v) is 12.4. The zero-order valence-electron chi connectivity index (χ0n) is 30.2. The van der Waals surface area contributed by atoms with E-state index in [9.17, 15) is 19.5 Å². The number of aliphatic hydroxyl groups excluding tert-OH is 1. The zero-order chi connectivity index (χ0) is 37.4. The SMILES string of the molecule is Nc1ncnc2c1c(-c1ccc(Oc3ccccc3)cc1)nn2C1CCC2(CC1)CN(C1CN(c3ccc4c(c3)C(=O)N(C3CCC(=O)NC3=O)C4O)C1)C2. The Bertz CT molecular complexity index is 2330. The molecule has 3 amide bonds. The van der Waals surface area contributed by atoms with Gasteiger partial charge >= 0.3 is 0 Å². The van der Waals surface area contributed by atoms with E-state index in [0.717, 1.165) is 91.3 Å². The average molecular weight is 740 g/mol. The van der Waals surface area contributed by atoms with Crippen LogP contribution in [-0.4, -0.2) is 90.6 Å². The van der Waals surface area contributed by atoms with Crippen LogP contribution in [0.3, 0.4) is 0 Å². The number of ether oxygens (including phenoxy) is 1. The molecule has 1 aliphatic carbocycles. The molecule has 1 saturated carbocycles. The Kier molecular flexibility index (Phi) is 7.89. The molecule has 2 atom stereocenters. The van der Waals surface area contributed by atoms with Crippen molar-refractivity contribution in [2.75, 3.05) is 36.8 Å². The number of anilines is 2. The van der Waals surface area contributed by atoms with E-state index in [1.807, 2.05) is 66.7 Å². The molecular weight excluding hydrogens is 699 g/mol. The quantitative estimate of drug-likeness (QED) is 0.202. The van der Waals surface area contributed by atoms with Gasteiger partial charge in [0.05, 0.1) is 11.4 Å². The minimum atomic E-state index is -1.21. The first-order valence-electron chi connectivity index (χ1n) is 19.0. The van der Waals surface area contributed by atoms with Crippen LogP contribution in [0.15, 0.2) is 79.1 Å². The highest BCUT2D eigenvalue weighted by Crippen LogP contribution is 2.49. The highest BCUT2D eigenvalue weighted by molar-refractivity contribution is 6.06. The molecule has 0 bridgehead atoms. The van der Waals surface area contributed by atoms with Crippen LogP contribution in [0.1, 0.15) is 66.7 Å². The van der Waals surface area contributed by atoms with Gasteiger partial charge in [-0.2, -0.15) is 5.10 Å². The normalized spacial score (nSPS) is 22.8. The van der Waals surface area contributed by atoms with Crippen LogP contribution in [0.25, 0.3) is 22.3 Å². The van der Waals surface area contributed by atoms with Crippen LogP contribution in [0.5, 0.6) is 11.5 Å². The average Bonchev–Trinajstić information content (AvgIpc) is 3.67. The number of para-hydroxylation sites is 1. The van der Waals surface area contributed by atoms with Gasteiger partial charge in [0, 0.05) is 61.0 Å². The number of carbonyl (C=O) groups excluding carboxylic acids is 3. The maximum atomic E-state index is 13.4. The number of nitrogens with one attached hydrogen (secondary N) is 1. The number of hydrogen-bond acceptors (Lipinski definition) is 11. The summed E-state index contributed by atoms with van der Waals surface area (Å²) in [7, 11) is 0. The molecule has 4 aliphatic heterocycles. The number of benzene rings is 3. The molecule has 0 radical (unpaired) electrons. The van der Waals surface area contributed by atoms with Gasteiger partial charge in [-0.25, -0.2) is 14.6 Å². The van der Waals surface area contributed by atoms with E-state index in [0.29, 0.717) is 28.4 Å². The Morgan fingerprint density at radius 3 is 2.36 bits per heavy atom. The Morgan fingerprint density at radius 2 is 1.62 bits per heavy atom. The lowest BCUT2D eigenvalue weighted by Gasteiger charge is -2.59. The van der Waals surface area contributed by atoms with Gasteiger partial charge in [-0.05, 0) is 86.1 Å². The van der Waals surface area contributed by atoms with Gasteiger partial charge < -0.3 is 20.5 Å². The summed E-state index contributed by atoms with van der Waals surface area (Å²) in [6.45, 7) is 3.89. The first kappa shape index (κ1) is 33.7. The molecule has 14 nitrogen and oxygen atoms in total. The van der Waals surface area contributed by atoms with Crippen LogP contribution < -0.4 is 20.7 Å². The summed E-state index contributed by atoms with van der Waals surface area (Å²) >= 11 is 0. The predicted octanol–water partition coefficient (Wildman–Crippen LogP) is 4.43. The molecule has 280 valence electrons. The van der Waals surface area contributed by atoms with Crippen molar-refractivity contribution in [3.8, 4) is 22.8 Å². The topological polar surface area (TPSA) is 172 Å². The lowest BCUT2D eigenvalue weighted by Crippen LogP contribution is -2.69. The van der Waals surface area contributed by atoms with E-state index in [-0.39, 0.29) is 30.7 Å². The largest absolute Gasteiger partial charge is 0.457 e. The van der Waals surface area contributed by atoms with Crippen molar-refractivity contribution in [3.05, 3.63) is 90.3 Å². The molecule has 4 fully saturated rings. The van der Waals surface area contributed by atoms with E-state index in [1.165, 1.54) is 11.2 Å². The number of piperidine rings is 1. The predicted molar refractivity (Wildman–Crippen MR) is 203 cm³/mol.